The smallest absolute Gasteiger partial charge is 0.130 e. The molecule has 0 spiro atoms. The number of nitrogens with zero attached hydrogens (tertiary/aromatic N) is 2. The fourth-order valence-corrected chi connectivity index (χ4v) is 1.40. The van der Waals surface area contributed by atoms with Crippen LogP contribution in [0.1, 0.15) is 17.3 Å². The van der Waals surface area contributed by atoms with Gasteiger partial charge < -0.3 is 9.73 Å². The van der Waals surface area contributed by atoms with Gasteiger partial charge >= 0.3 is 0 Å². The molecule has 4 nitrogen and oxygen atoms in total. The van der Waals surface area contributed by atoms with Crippen molar-refractivity contribution in [2.45, 2.75) is 20.4 Å². The molecule has 2 aromatic rings. The molecular weight excluding hydrogens is 190 g/mol. The van der Waals surface area contributed by atoms with Gasteiger partial charge in [0.05, 0.1) is 12.8 Å². The quantitative estimate of drug-likeness (QED) is 0.831. The van der Waals surface area contributed by atoms with Crippen LogP contribution < -0.4 is 5.32 Å². The monoisotopic (exact) mass is 203 g/mol. The Balaban J connectivity index is 2.05. The van der Waals surface area contributed by atoms with Crippen molar-refractivity contribution in [1.82, 2.24) is 9.97 Å². The van der Waals surface area contributed by atoms with E-state index in [1.807, 2.05) is 32.0 Å². The van der Waals surface area contributed by atoms with Crippen LogP contribution in [0.25, 0.3) is 0 Å². The van der Waals surface area contributed by atoms with Crippen LogP contribution in [0.4, 0.5) is 5.82 Å². The minimum absolute atomic E-state index is 0.642. The third-order valence-electron chi connectivity index (χ3n) is 1.99. The van der Waals surface area contributed by atoms with Crippen LogP contribution in [0.2, 0.25) is 0 Å². The Morgan fingerprint density at radius 1 is 1.33 bits per heavy atom. The number of aromatic nitrogens is 2. The molecule has 0 aromatic carbocycles. The van der Waals surface area contributed by atoms with E-state index in [4.69, 9.17) is 4.42 Å². The molecule has 0 aliphatic carbocycles. The maximum absolute atomic E-state index is 5.21. The summed E-state index contributed by atoms with van der Waals surface area (Å²) in [5, 5.41) is 3.18. The molecule has 0 radical (unpaired) electrons. The number of anilines is 1. The molecule has 2 heterocycles. The third kappa shape index (κ3) is 2.56. The van der Waals surface area contributed by atoms with Crippen molar-refractivity contribution >= 4 is 5.82 Å². The van der Waals surface area contributed by atoms with Crippen molar-refractivity contribution in [3.05, 3.63) is 41.7 Å². The van der Waals surface area contributed by atoms with Crippen LogP contribution in [0.15, 0.2) is 28.9 Å². The Morgan fingerprint density at radius 3 is 2.87 bits per heavy atom. The summed E-state index contributed by atoms with van der Waals surface area (Å²) in [4.78, 5) is 8.47. The second-order valence-corrected chi connectivity index (χ2v) is 3.37. The number of hydrogen-bond donors (Lipinski definition) is 1. The summed E-state index contributed by atoms with van der Waals surface area (Å²) in [5.41, 5.74) is 0.962. The van der Waals surface area contributed by atoms with Crippen molar-refractivity contribution in [2.24, 2.45) is 0 Å². The molecule has 0 bridgehead atoms. The Bertz CT molecular complexity index is 417. The topological polar surface area (TPSA) is 51.0 Å². The molecule has 78 valence electrons. The second-order valence-electron chi connectivity index (χ2n) is 3.37. The maximum Gasteiger partial charge on any atom is 0.130 e. The summed E-state index contributed by atoms with van der Waals surface area (Å²) in [5.74, 6) is 2.50. The lowest BCUT2D eigenvalue weighted by molar-refractivity contribution is 0.517. The first-order valence-corrected chi connectivity index (χ1v) is 4.82. The fraction of sp³-hybridized carbons (Fsp3) is 0.273. The maximum atomic E-state index is 5.21. The van der Waals surface area contributed by atoms with Gasteiger partial charge in [0.1, 0.15) is 17.4 Å². The van der Waals surface area contributed by atoms with E-state index < -0.39 is 0 Å². The average Bonchev–Trinajstić information content (AvgIpc) is 2.65. The summed E-state index contributed by atoms with van der Waals surface area (Å²) >= 11 is 0. The molecule has 15 heavy (non-hydrogen) atoms. The summed E-state index contributed by atoms with van der Waals surface area (Å²) in [7, 11) is 0. The van der Waals surface area contributed by atoms with Crippen molar-refractivity contribution < 1.29 is 4.42 Å². The van der Waals surface area contributed by atoms with Gasteiger partial charge in [-0.1, -0.05) is 0 Å². The number of nitrogens with one attached hydrogen (secondary N) is 1. The van der Waals surface area contributed by atoms with Gasteiger partial charge in [0.25, 0.3) is 0 Å². The van der Waals surface area contributed by atoms with Gasteiger partial charge in [0.15, 0.2) is 0 Å². The van der Waals surface area contributed by atoms with E-state index in [9.17, 15) is 0 Å². The Kier molecular flexibility index (Phi) is 2.67. The fourth-order valence-electron chi connectivity index (χ4n) is 1.40. The number of hydrogen-bond acceptors (Lipinski definition) is 4. The summed E-state index contributed by atoms with van der Waals surface area (Å²) < 4.78 is 5.21. The highest BCUT2D eigenvalue weighted by molar-refractivity contribution is 5.35. The van der Waals surface area contributed by atoms with Crippen LogP contribution in [0, 0.1) is 13.8 Å². The molecule has 0 atom stereocenters. The molecule has 0 saturated carbocycles. The largest absolute Gasteiger partial charge is 0.467 e. The van der Waals surface area contributed by atoms with Crippen LogP contribution in [0.3, 0.4) is 0 Å². The number of aryl methyl sites for hydroxylation is 2. The standard InChI is InChI=1S/C11H13N3O/c1-8-6-11(14-9(2)13-8)12-7-10-4-3-5-15-10/h3-6H,7H2,1-2H3,(H,12,13,14). The summed E-state index contributed by atoms with van der Waals surface area (Å²) in [6, 6.07) is 5.71. The van der Waals surface area contributed by atoms with Gasteiger partial charge in [-0.3, -0.25) is 0 Å². The molecule has 2 aromatic heterocycles. The predicted octanol–water partition coefficient (Wildman–Crippen LogP) is 2.30. The van der Waals surface area contributed by atoms with E-state index in [2.05, 4.69) is 15.3 Å². The molecule has 2 rings (SSSR count). The molecular formula is C11H13N3O. The van der Waals surface area contributed by atoms with Gasteiger partial charge in [-0.15, -0.1) is 0 Å². The zero-order valence-electron chi connectivity index (χ0n) is 8.82. The van der Waals surface area contributed by atoms with Crippen LogP contribution in [-0.4, -0.2) is 9.97 Å². The molecule has 0 saturated heterocycles. The van der Waals surface area contributed by atoms with E-state index in [1.54, 1.807) is 6.26 Å². The first kappa shape index (κ1) is 9.71. The van der Waals surface area contributed by atoms with Gasteiger partial charge in [-0.05, 0) is 26.0 Å². The lowest BCUT2D eigenvalue weighted by Crippen LogP contribution is -2.03. The van der Waals surface area contributed by atoms with Gasteiger partial charge in [0, 0.05) is 11.8 Å². The van der Waals surface area contributed by atoms with Gasteiger partial charge in [-0.2, -0.15) is 0 Å². The minimum atomic E-state index is 0.642. The normalized spacial score (nSPS) is 10.3. The zero-order chi connectivity index (χ0) is 10.7. The van der Waals surface area contributed by atoms with E-state index in [0.717, 1.165) is 23.1 Å². The highest BCUT2D eigenvalue weighted by Gasteiger charge is 1.99. The van der Waals surface area contributed by atoms with Gasteiger partial charge in [0.2, 0.25) is 0 Å². The van der Waals surface area contributed by atoms with Crippen molar-refractivity contribution in [3.8, 4) is 0 Å². The first-order chi connectivity index (χ1) is 7.24. The second kappa shape index (κ2) is 4.13. The molecule has 4 heteroatoms. The van der Waals surface area contributed by atoms with E-state index >= 15 is 0 Å². The SMILES string of the molecule is Cc1cc(NCc2ccco2)nc(C)n1. The molecule has 0 amide bonds. The molecule has 1 N–H and O–H groups in total. The number of rotatable bonds is 3. The van der Waals surface area contributed by atoms with Crippen LogP contribution in [-0.2, 0) is 6.54 Å². The lowest BCUT2D eigenvalue weighted by Gasteiger charge is -2.05. The van der Waals surface area contributed by atoms with E-state index in [0.29, 0.717) is 6.54 Å². The zero-order valence-corrected chi connectivity index (χ0v) is 8.82. The highest BCUT2D eigenvalue weighted by Crippen LogP contribution is 2.08. The molecule has 0 aliphatic heterocycles. The predicted molar refractivity (Wildman–Crippen MR) is 57.5 cm³/mol. The lowest BCUT2D eigenvalue weighted by atomic mass is 10.4. The highest BCUT2D eigenvalue weighted by atomic mass is 16.3. The van der Waals surface area contributed by atoms with Crippen molar-refractivity contribution in [2.75, 3.05) is 5.32 Å². The third-order valence-corrected chi connectivity index (χ3v) is 1.99. The van der Waals surface area contributed by atoms with E-state index in [1.165, 1.54) is 0 Å². The Morgan fingerprint density at radius 2 is 2.20 bits per heavy atom. The first-order valence-electron chi connectivity index (χ1n) is 4.82. The summed E-state index contributed by atoms with van der Waals surface area (Å²) in [6.45, 7) is 4.47. The Labute approximate surface area is 88.4 Å². The number of furan rings is 1. The molecule has 0 fully saturated rings. The van der Waals surface area contributed by atoms with Crippen LogP contribution >= 0.6 is 0 Å². The summed E-state index contributed by atoms with van der Waals surface area (Å²) in [6.07, 6.45) is 1.66. The van der Waals surface area contributed by atoms with Gasteiger partial charge in [-0.25, -0.2) is 9.97 Å². The Hall–Kier alpha value is -1.84. The van der Waals surface area contributed by atoms with Crippen molar-refractivity contribution in [1.29, 1.82) is 0 Å². The average molecular weight is 203 g/mol. The molecule has 0 unspecified atom stereocenters. The minimum Gasteiger partial charge on any atom is -0.467 e. The molecule has 0 aliphatic rings. The van der Waals surface area contributed by atoms with E-state index in [-0.39, 0.29) is 0 Å². The van der Waals surface area contributed by atoms with Crippen molar-refractivity contribution in [3.63, 3.8) is 0 Å². The van der Waals surface area contributed by atoms with Crippen LogP contribution in [0.5, 0.6) is 0 Å².